The number of amides is 1. The van der Waals surface area contributed by atoms with Gasteiger partial charge in [-0.1, -0.05) is 18.2 Å². The van der Waals surface area contributed by atoms with Crippen LogP contribution in [0.15, 0.2) is 42.5 Å². The zero-order valence-corrected chi connectivity index (χ0v) is 9.79. The van der Waals surface area contributed by atoms with Crippen LogP contribution in [0.5, 0.6) is 0 Å². The monoisotopic (exact) mass is 265 g/mol. The normalized spacial score (nSPS) is 10.3. The zero-order chi connectivity index (χ0) is 13.8. The molecule has 0 aliphatic heterocycles. The Bertz CT molecular complexity index is 613. The number of carbonyl (C=O) groups excluding carboxylic acids is 1. The first kappa shape index (κ1) is 13.1. The van der Waals surface area contributed by atoms with Crippen LogP contribution in [0, 0.1) is 17.5 Å². The number of nitrogens with one attached hydrogen (secondary N) is 1. The largest absolute Gasteiger partial charge is 0.326 e. The van der Waals surface area contributed by atoms with Crippen LogP contribution >= 0.6 is 0 Å². The van der Waals surface area contributed by atoms with Gasteiger partial charge in [0.25, 0.3) is 0 Å². The highest BCUT2D eigenvalue weighted by molar-refractivity contribution is 5.92. The Balaban J connectivity index is 2.05. The molecule has 1 amide bonds. The van der Waals surface area contributed by atoms with Crippen LogP contribution in [0.2, 0.25) is 0 Å². The molecule has 0 aliphatic carbocycles. The van der Waals surface area contributed by atoms with Crippen molar-refractivity contribution in [2.45, 2.75) is 6.42 Å². The molecule has 0 bridgehead atoms. The van der Waals surface area contributed by atoms with Crippen LogP contribution in [-0.2, 0) is 11.2 Å². The quantitative estimate of drug-likeness (QED) is 0.906. The van der Waals surface area contributed by atoms with Gasteiger partial charge in [-0.05, 0) is 23.8 Å². The van der Waals surface area contributed by atoms with E-state index in [9.17, 15) is 18.0 Å². The van der Waals surface area contributed by atoms with Crippen molar-refractivity contribution in [3.05, 3.63) is 65.5 Å². The van der Waals surface area contributed by atoms with Gasteiger partial charge in [-0.25, -0.2) is 13.2 Å². The Morgan fingerprint density at radius 2 is 1.68 bits per heavy atom. The van der Waals surface area contributed by atoms with Crippen molar-refractivity contribution in [1.29, 1.82) is 0 Å². The summed E-state index contributed by atoms with van der Waals surface area (Å²) in [6.45, 7) is 0. The van der Waals surface area contributed by atoms with Gasteiger partial charge in [-0.2, -0.15) is 0 Å². The third-order valence-corrected chi connectivity index (χ3v) is 2.51. The highest BCUT2D eigenvalue weighted by Crippen LogP contribution is 2.14. The van der Waals surface area contributed by atoms with Crippen molar-refractivity contribution in [3.8, 4) is 0 Å². The lowest BCUT2D eigenvalue weighted by Gasteiger charge is -2.06. The summed E-state index contributed by atoms with van der Waals surface area (Å²) in [6.07, 6.45) is -0.175. The van der Waals surface area contributed by atoms with E-state index in [0.29, 0.717) is 0 Å². The van der Waals surface area contributed by atoms with Crippen molar-refractivity contribution >= 4 is 11.6 Å². The third kappa shape index (κ3) is 3.34. The average molecular weight is 265 g/mol. The van der Waals surface area contributed by atoms with E-state index in [1.54, 1.807) is 6.07 Å². The van der Waals surface area contributed by atoms with Crippen molar-refractivity contribution < 1.29 is 18.0 Å². The van der Waals surface area contributed by atoms with Gasteiger partial charge in [0, 0.05) is 11.8 Å². The van der Waals surface area contributed by atoms with E-state index < -0.39 is 23.4 Å². The van der Waals surface area contributed by atoms with Gasteiger partial charge in [0.05, 0.1) is 6.42 Å². The van der Waals surface area contributed by atoms with Gasteiger partial charge < -0.3 is 5.32 Å². The molecule has 0 fully saturated rings. The fourth-order valence-corrected chi connectivity index (χ4v) is 1.59. The van der Waals surface area contributed by atoms with Crippen molar-refractivity contribution in [1.82, 2.24) is 0 Å². The van der Waals surface area contributed by atoms with Crippen molar-refractivity contribution in [2.75, 3.05) is 5.32 Å². The zero-order valence-electron chi connectivity index (χ0n) is 9.79. The second-order valence-corrected chi connectivity index (χ2v) is 3.95. The molecular formula is C14H10F3NO. The predicted molar refractivity (Wildman–Crippen MR) is 65.1 cm³/mol. The lowest BCUT2D eigenvalue weighted by atomic mass is 10.1. The Kier molecular flexibility index (Phi) is 3.85. The molecule has 2 nitrogen and oxygen atoms in total. The number of hydrogen-bond acceptors (Lipinski definition) is 1. The molecule has 1 N–H and O–H groups in total. The smallest absolute Gasteiger partial charge is 0.228 e. The number of anilines is 1. The maximum Gasteiger partial charge on any atom is 0.228 e. The SMILES string of the molecule is O=C(Cc1ccccc1F)Nc1ccc(F)c(F)c1. The minimum Gasteiger partial charge on any atom is -0.326 e. The minimum atomic E-state index is -1.05. The second-order valence-electron chi connectivity index (χ2n) is 3.95. The molecule has 5 heteroatoms. The van der Waals surface area contributed by atoms with Gasteiger partial charge in [-0.15, -0.1) is 0 Å². The molecule has 0 atom stereocenters. The average Bonchev–Trinajstić information content (AvgIpc) is 2.37. The van der Waals surface area contributed by atoms with E-state index in [2.05, 4.69) is 5.32 Å². The first-order valence-corrected chi connectivity index (χ1v) is 5.54. The summed E-state index contributed by atoms with van der Waals surface area (Å²) < 4.78 is 38.9. The van der Waals surface area contributed by atoms with Crippen molar-refractivity contribution in [3.63, 3.8) is 0 Å². The van der Waals surface area contributed by atoms with E-state index in [-0.39, 0.29) is 17.7 Å². The summed E-state index contributed by atoms with van der Waals surface area (Å²) in [7, 11) is 0. The van der Waals surface area contributed by atoms with E-state index in [1.807, 2.05) is 0 Å². The summed E-state index contributed by atoms with van der Waals surface area (Å²) in [5, 5.41) is 2.37. The van der Waals surface area contributed by atoms with Crippen LogP contribution < -0.4 is 5.32 Å². The van der Waals surface area contributed by atoms with Crippen LogP contribution in [-0.4, -0.2) is 5.91 Å². The maximum absolute atomic E-state index is 13.3. The Morgan fingerprint density at radius 3 is 2.37 bits per heavy atom. The second kappa shape index (κ2) is 5.56. The molecule has 2 rings (SSSR count). The molecule has 0 spiro atoms. The van der Waals surface area contributed by atoms with E-state index in [1.165, 1.54) is 24.3 Å². The molecule has 19 heavy (non-hydrogen) atoms. The first-order valence-electron chi connectivity index (χ1n) is 5.54. The third-order valence-electron chi connectivity index (χ3n) is 2.51. The topological polar surface area (TPSA) is 29.1 Å². The number of hydrogen-bond donors (Lipinski definition) is 1. The number of carbonyl (C=O) groups is 1. The molecule has 2 aromatic rings. The highest BCUT2D eigenvalue weighted by Gasteiger charge is 2.09. The van der Waals surface area contributed by atoms with Gasteiger partial charge in [-0.3, -0.25) is 4.79 Å². The molecular weight excluding hydrogens is 255 g/mol. The molecule has 0 radical (unpaired) electrons. The molecule has 0 aliphatic rings. The van der Waals surface area contributed by atoms with Gasteiger partial charge in [0.15, 0.2) is 11.6 Å². The van der Waals surface area contributed by atoms with Crippen LogP contribution in [0.25, 0.3) is 0 Å². The Labute approximate surface area is 107 Å². The molecule has 98 valence electrons. The number of rotatable bonds is 3. The fraction of sp³-hybridized carbons (Fsp3) is 0.0714. The van der Waals surface area contributed by atoms with Gasteiger partial charge in [0.1, 0.15) is 5.82 Å². The maximum atomic E-state index is 13.3. The van der Waals surface area contributed by atoms with Gasteiger partial charge >= 0.3 is 0 Å². The van der Waals surface area contributed by atoms with E-state index in [4.69, 9.17) is 0 Å². The molecule has 2 aromatic carbocycles. The lowest BCUT2D eigenvalue weighted by molar-refractivity contribution is -0.115. The standard InChI is InChI=1S/C14H10F3NO/c15-11-4-2-1-3-9(11)7-14(19)18-10-5-6-12(16)13(17)8-10/h1-6,8H,7H2,(H,18,19). The number of benzene rings is 2. The number of halogens is 3. The summed E-state index contributed by atoms with van der Waals surface area (Å²) in [4.78, 5) is 11.6. The fourth-order valence-electron chi connectivity index (χ4n) is 1.59. The highest BCUT2D eigenvalue weighted by atomic mass is 19.2. The van der Waals surface area contributed by atoms with Crippen LogP contribution in [0.1, 0.15) is 5.56 Å². The summed E-state index contributed by atoms with van der Waals surface area (Å²) >= 11 is 0. The Morgan fingerprint density at radius 1 is 0.947 bits per heavy atom. The molecule has 0 unspecified atom stereocenters. The molecule has 0 heterocycles. The van der Waals surface area contributed by atoms with Crippen LogP contribution in [0.4, 0.5) is 18.9 Å². The van der Waals surface area contributed by atoms with Gasteiger partial charge in [0.2, 0.25) is 5.91 Å². The lowest BCUT2D eigenvalue weighted by Crippen LogP contribution is -2.15. The summed E-state index contributed by atoms with van der Waals surface area (Å²) in [5.74, 6) is -3.03. The molecule has 0 aromatic heterocycles. The van der Waals surface area contributed by atoms with E-state index in [0.717, 1.165) is 12.1 Å². The Hall–Kier alpha value is -2.30. The summed E-state index contributed by atoms with van der Waals surface area (Å²) in [5.41, 5.74) is 0.364. The summed E-state index contributed by atoms with van der Waals surface area (Å²) in [6, 6.07) is 8.88. The minimum absolute atomic E-state index is 0.125. The first-order chi connectivity index (χ1) is 9.06. The molecule has 0 saturated heterocycles. The molecule has 0 saturated carbocycles. The van der Waals surface area contributed by atoms with Crippen molar-refractivity contribution in [2.24, 2.45) is 0 Å². The predicted octanol–water partition coefficient (Wildman–Crippen LogP) is 3.29. The van der Waals surface area contributed by atoms with E-state index >= 15 is 0 Å². The van der Waals surface area contributed by atoms with Crippen LogP contribution in [0.3, 0.4) is 0 Å².